The highest BCUT2D eigenvalue weighted by Gasteiger charge is 2.26. The van der Waals surface area contributed by atoms with Crippen molar-refractivity contribution in [2.75, 3.05) is 0 Å². The van der Waals surface area contributed by atoms with Gasteiger partial charge in [0.25, 0.3) is 0 Å². The van der Waals surface area contributed by atoms with Crippen LogP contribution in [0.15, 0.2) is 24.3 Å². The Morgan fingerprint density at radius 2 is 1.72 bits per heavy atom. The highest BCUT2D eigenvalue weighted by molar-refractivity contribution is 5.45. The van der Waals surface area contributed by atoms with E-state index in [0.717, 1.165) is 22.5 Å². The molecule has 0 unspecified atom stereocenters. The fourth-order valence-corrected chi connectivity index (χ4v) is 2.34. The van der Waals surface area contributed by atoms with Crippen molar-refractivity contribution in [1.82, 2.24) is 9.78 Å². The van der Waals surface area contributed by atoms with E-state index in [1.807, 2.05) is 29.8 Å². The van der Waals surface area contributed by atoms with Crippen LogP contribution < -0.4 is 0 Å². The predicted octanol–water partition coefficient (Wildman–Crippen LogP) is 3.49. The molecule has 0 radical (unpaired) electrons. The van der Waals surface area contributed by atoms with Crippen molar-refractivity contribution in [3.8, 4) is 11.6 Å². The first kappa shape index (κ1) is 12.7. The van der Waals surface area contributed by atoms with Crippen LogP contribution in [0, 0.1) is 13.8 Å². The van der Waals surface area contributed by atoms with E-state index >= 15 is 0 Å². The normalized spacial score (nSPS) is 11.8. The van der Waals surface area contributed by atoms with Gasteiger partial charge in [0.15, 0.2) is 0 Å². The van der Waals surface area contributed by atoms with Gasteiger partial charge in [0.2, 0.25) is 5.88 Å². The first-order valence-corrected chi connectivity index (χ1v) is 6.17. The zero-order valence-electron chi connectivity index (χ0n) is 11.7. The number of aryl methyl sites for hydroxylation is 1. The Balaban J connectivity index is 2.73. The number of hydrogen-bond acceptors (Lipinski definition) is 2. The number of benzene rings is 1. The van der Waals surface area contributed by atoms with Crippen molar-refractivity contribution in [2.45, 2.75) is 40.0 Å². The molecule has 3 nitrogen and oxygen atoms in total. The Hall–Kier alpha value is -1.77. The van der Waals surface area contributed by atoms with Crippen LogP contribution in [-0.2, 0) is 5.41 Å². The highest BCUT2D eigenvalue weighted by Crippen LogP contribution is 2.33. The molecule has 1 aromatic heterocycles. The molecule has 0 aliphatic carbocycles. The minimum absolute atomic E-state index is 0.0691. The third kappa shape index (κ3) is 2.01. The molecule has 0 bridgehead atoms. The van der Waals surface area contributed by atoms with Gasteiger partial charge >= 0.3 is 0 Å². The number of aromatic hydroxyl groups is 1. The number of nitrogens with zero attached hydrogens (tertiary/aromatic N) is 2. The summed E-state index contributed by atoms with van der Waals surface area (Å²) < 4.78 is 1.86. The van der Waals surface area contributed by atoms with Crippen molar-refractivity contribution in [2.24, 2.45) is 0 Å². The Morgan fingerprint density at radius 3 is 2.28 bits per heavy atom. The van der Waals surface area contributed by atoms with Gasteiger partial charge in [0, 0.05) is 11.0 Å². The van der Waals surface area contributed by atoms with Crippen LogP contribution >= 0.6 is 0 Å². The Bertz CT molecular complexity index is 577. The smallest absolute Gasteiger partial charge is 0.234 e. The molecule has 0 saturated carbocycles. The molecule has 0 saturated heterocycles. The second kappa shape index (κ2) is 4.16. The SMILES string of the molecule is Cc1ccccc1-n1nc(O)c(C)c1C(C)(C)C. The van der Waals surface area contributed by atoms with Crippen molar-refractivity contribution in [3.63, 3.8) is 0 Å². The van der Waals surface area contributed by atoms with Crippen LogP contribution in [0.1, 0.15) is 37.6 Å². The Kier molecular flexibility index (Phi) is 2.93. The third-order valence-electron chi connectivity index (χ3n) is 3.15. The zero-order valence-corrected chi connectivity index (χ0v) is 11.7. The maximum absolute atomic E-state index is 9.90. The van der Waals surface area contributed by atoms with E-state index in [1.54, 1.807) is 0 Å². The molecule has 18 heavy (non-hydrogen) atoms. The fraction of sp³-hybridized carbons (Fsp3) is 0.400. The second-order valence-corrected chi connectivity index (χ2v) is 5.75. The van der Waals surface area contributed by atoms with Crippen LogP contribution in [-0.4, -0.2) is 14.9 Å². The molecule has 0 spiro atoms. The van der Waals surface area contributed by atoms with Crippen LogP contribution in [0.4, 0.5) is 0 Å². The van der Waals surface area contributed by atoms with Crippen LogP contribution in [0.25, 0.3) is 5.69 Å². The molecule has 1 N–H and O–H groups in total. The van der Waals surface area contributed by atoms with Crippen molar-refractivity contribution >= 4 is 0 Å². The van der Waals surface area contributed by atoms with Gasteiger partial charge in [0.05, 0.1) is 11.4 Å². The molecule has 2 aromatic rings. The molecule has 1 heterocycles. The van der Waals surface area contributed by atoms with Gasteiger partial charge in [-0.15, -0.1) is 5.10 Å². The van der Waals surface area contributed by atoms with Crippen LogP contribution in [0.2, 0.25) is 0 Å². The Morgan fingerprint density at radius 1 is 1.11 bits per heavy atom. The standard InChI is InChI=1S/C15H20N2O/c1-10-8-6-7-9-12(10)17-13(15(3,4)5)11(2)14(18)16-17/h6-9H,1-5H3,(H,16,18). The van der Waals surface area contributed by atoms with Gasteiger partial charge in [-0.2, -0.15) is 0 Å². The molecule has 0 fully saturated rings. The van der Waals surface area contributed by atoms with E-state index < -0.39 is 0 Å². The maximum Gasteiger partial charge on any atom is 0.234 e. The summed E-state index contributed by atoms with van der Waals surface area (Å²) in [6.45, 7) is 10.4. The van der Waals surface area contributed by atoms with Crippen molar-refractivity contribution in [3.05, 3.63) is 41.1 Å². The highest BCUT2D eigenvalue weighted by atomic mass is 16.3. The van der Waals surface area contributed by atoms with Gasteiger partial charge < -0.3 is 5.11 Å². The molecular formula is C15H20N2O. The minimum atomic E-state index is -0.0691. The lowest BCUT2D eigenvalue weighted by Gasteiger charge is -2.22. The number of para-hydroxylation sites is 1. The summed E-state index contributed by atoms with van der Waals surface area (Å²) in [5, 5.41) is 14.2. The zero-order chi connectivity index (χ0) is 13.5. The van der Waals surface area contributed by atoms with Crippen molar-refractivity contribution < 1.29 is 5.11 Å². The molecule has 3 heteroatoms. The third-order valence-corrected chi connectivity index (χ3v) is 3.15. The van der Waals surface area contributed by atoms with Crippen LogP contribution in [0.5, 0.6) is 5.88 Å². The van der Waals surface area contributed by atoms with E-state index in [9.17, 15) is 5.11 Å². The van der Waals surface area contributed by atoms with Gasteiger partial charge in [-0.1, -0.05) is 39.0 Å². The average Bonchev–Trinajstić information content (AvgIpc) is 2.55. The summed E-state index contributed by atoms with van der Waals surface area (Å²) in [4.78, 5) is 0. The summed E-state index contributed by atoms with van der Waals surface area (Å²) in [6, 6.07) is 8.07. The molecular weight excluding hydrogens is 224 g/mol. The van der Waals surface area contributed by atoms with Gasteiger partial charge in [-0.3, -0.25) is 0 Å². The molecule has 0 amide bonds. The summed E-state index contributed by atoms with van der Waals surface area (Å²) in [6.07, 6.45) is 0. The molecule has 2 rings (SSSR count). The molecule has 96 valence electrons. The number of aromatic nitrogens is 2. The topological polar surface area (TPSA) is 38.0 Å². The van der Waals surface area contributed by atoms with Gasteiger partial charge in [0.1, 0.15) is 0 Å². The summed E-state index contributed by atoms with van der Waals surface area (Å²) in [7, 11) is 0. The largest absolute Gasteiger partial charge is 0.492 e. The summed E-state index contributed by atoms with van der Waals surface area (Å²) in [5.74, 6) is 0.114. The summed E-state index contributed by atoms with van der Waals surface area (Å²) >= 11 is 0. The maximum atomic E-state index is 9.90. The monoisotopic (exact) mass is 244 g/mol. The molecule has 1 aromatic carbocycles. The summed E-state index contributed by atoms with van der Waals surface area (Å²) in [5.41, 5.74) is 4.00. The van der Waals surface area contributed by atoms with Crippen LogP contribution in [0.3, 0.4) is 0 Å². The van der Waals surface area contributed by atoms with E-state index in [0.29, 0.717) is 0 Å². The fourth-order valence-electron chi connectivity index (χ4n) is 2.34. The van der Waals surface area contributed by atoms with E-state index in [4.69, 9.17) is 0 Å². The van der Waals surface area contributed by atoms with E-state index in [2.05, 4.69) is 38.9 Å². The van der Waals surface area contributed by atoms with Gasteiger partial charge in [-0.05, 0) is 25.5 Å². The minimum Gasteiger partial charge on any atom is -0.492 e. The van der Waals surface area contributed by atoms with Crippen molar-refractivity contribution in [1.29, 1.82) is 0 Å². The lowest BCUT2D eigenvalue weighted by Crippen LogP contribution is -2.19. The van der Waals surface area contributed by atoms with Gasteiger partial charge in [-0.25, -0.2) is 4.68 Å². The van der Waals surface area contributed by atoms with E-state index in [1.165, 1.54) is 0 Å². The first-order chi connectivity index (χ1) is 8.32. The predicted molar refractivity (Wildman–Crippen MR) is 73.4 cm³/mol. The quantitative estimate of drug-likeness (QED) is 0.833. The molecule has 0 atom stereocenters. The first-order valence-electron chi connectivity index (χ1n) is 6.17. The molecule has 0 aliphatic heterocycles. The molecule has 0 aliphatic rings. The second-order valence-electron chi connectivity index (χ2n) is 5.75. The van der Waals surface area contributed by atoms with E-state index in [-0.39, 0.29) is 11.3 Å². The number of hydrogen-bond donors (Lipinski definition) is 1. The Labute approximate surface area is 108 Å². The average molecular weight is 244 g/mol. The number of rotatable bonds is 1. The lowest BCUT2D eigenvalue weighted by atomic mass is 9.89. The lowest BCUT2D eigenvalue weighted by molar-refractivity contribution is 0.444.